The molecule has 1 nitrogen and oxygen atoms in total. The van der Waals surface area contributed by atoms with E-state index in [2.05, 4.69) is 231 Å². The highest BCUT2D eigenvalue weighted by Crippen LogP contribution is 2.55. The van der Waals surface area contributed by atoms with Gasteiger partial charge >= 0.3 is 0 Å². The van der Waals surface area contributed by atoms with Crippen molar-refractivity contribution in [3.05, 3.63) is 223 Å². The van der Waals surface area contributed by atoms with Crippen molar-refractivity contribution in [1.29, 1.82) is 0 Å². The minimum absolute atomic E-state index is 0.173. The molecule has 0 saturated carbocycles. The van der Waals surface area contributed by atoms with Crippen molar-refractivity contribution in [3.63, 3.8) is 0 Å². The van der Waals surface area contributed by atoms with Crippen LogP contribution in [0.1, 0.15) is 25.0 Å². The molecule has 1 aliphatic carbocycles. The highest BCUT2D eigenvalue weighted by molar-refractivity contribution is 6.08. The van der Waals surface area contributed by atoms with Gasteiger partial charge in [0.05, 0.1) is 0 Å². The molecule has 0 bridgehead atoms. The second-order valence-electron chi connectivity index (χ2n) is 16.1. The number of anilines is 3. The summed E-state index contributed by atoms with van der Waals surface area (Å²) in [6.45, 7) is 4.80. The third kappa shape index (κ3) is 5.54. The summed E-state index contributed by atoms with van der Waals surface area (Å²) in [5.41, 5.74) is 16.2. The molecule has 10 aromatic rings. The van der Waals surface area contributed by atoms with E-state index in [0.29, 0.717) is 0 Å². The van der Waals surface area contributed by atoms with E-state index < -0.39 is 0 Å². The Hall–Kier alpha value is -7.22. The normalized spacial score (nSPS) is 12.8. The molecule has 0 saturated heterocycles. The molecule has 58 heavy (non-hydrogen) atoms. The van der Waals surface area contributed by atoms with Crippen LogP contribution < -0.4 is 4.90 Å². The molecule has 0 spiro atoms. The van der Waals surface area contributed by atoms with Gasteiger partial charge in [0.2, 0.25) is 0 Å². The molecule has 0 heterocycles. The smallest absolute Gasteiger partial charge is 0.0468 e. The Morgan fingerprint density at radius 1 is 0.293 bits per heavy atom. The van der Waals surface area contributed by atoms with Crippen LogP contribution in [0, 0.1) is 0 Å². The van der Waals surface area contributed by atoms with Crippen molar-refractivity contribution in [2.45, 2.75) is 19.3 Å². The molecular formula is C57H41N. The molecular weight excluding hydrogens is 699 g/mol. The summed E-state index contributed by atoms with van der Waals surface area (Å²) < 4.78 is 0. The molecule has 0 amide bonds. The lowest BCUT2D eigenvalue weighted by atomic mass is 9.76. The Kier molecular flexibility index (Phi) is 7.91. The van der Waals surface area contributed by atoms with Crippen LogP contribution in [0.2, 0.25) is 0 Å². The zero-order valence-electron chi connectivity index (χ0n) is 32.7. The highest BCUT2D eigenvalue weighted by Gasteiger charge is 2.39. The van der Waals surface area contributed by atoms with Crippen molar-refractivity contribution in [3.8, 4) is 44.5 Å². The van der Waals surface area contributed by atoms with Gasteiger partial charge < -0.3 is 4.90 Å². The van der Waals surface area contributed by atoms with E-state index >= 15 is 0 Å². The lowest BCUT2D eigenvalue weighted by Crippen LogP contribution is -2.17. The monoisotopic (exact) mass is 739 g/mol. The van der Waals surface area contributed by atoms with Gasteiger partial charge in [0, 0.05) is 22.5 Å². The lowest BCUT2D eigenvalue weighted by molar-refractivity contribution is 0.664. The standard InChI is InChI=1S/C57H41N/c1-57(2)55-51(40-14-4-3-5-15-40)21-11-23-53(55)54-24-12-22-52(56(54)57)44-19-10-18-42(35-44)39-27-30-46(31-28-39)58(47-32-29-38-13-6-7-17-43(38)36-47)48-33-34-50-45(37-48)26-25-41-16-8-9-20-49(41)50/h3-37H,1-2H3. The van der Waals surface area contributed by atoms with Gasteiger partial charge in [-0.05, 0) is 130 Å². The number of fused-ring (bicyclic) bond motifs is 7. The lowest BCUT2D eigenvalue weighted by Gasteiger charge is -2.27. The molecule has 0 radical (unpaired) electrons. The van der Waals surface area contributed by atoms with E-state index in [1.54, 1.807) is 0 Å². The first-order valence-corrected chi connectivity index (χ1v) is 20.3. The molecule has 1 aliphatic rings. The van der Waals surface area contributed by atoms with Gasteiger partial charge in [-0.25, -0.2) is 0 Å². The SMILES string of the molecule is CC1(C)c2c(-c3ccccc3)cccc2-c2cccc(-c3cccc(-c4ccc(N(c5ccc6ccccc6c5)c5ccc6c(ccc7ccccc76)c5)cc4)c3)c21. The molecule has 0 fully saturated rings. The molecule has 10 aromatic carbocycles. The van der Waals surface area contributed by atoms with E-state index in [0.717, 1.165) is 17.1 Å². The molecule has 11 rings (SSSR count). The quantitative estimate of drug-likeness (QED) is 0.154. The Balaban J connectivity index is 0.983. The third-order valence-electron chi connectivity index (χ3n) is 12.4. The Morgan fingerprint density at radius 2 is 0.793 bits per heavy atom. The van der Waals surface area contributed by atoms with Crippen molar-refractivity contribution < 1.29 is 0 Å². The van der Waals surface area contributed by atoms with Gasteiger partial charge in [0.15, 0.2) is 0 Å². The average Bonchev–Trinajstić information content (AvgIpc) is 3.53. The van der Waals surface area contributed by atoms with Crippen LogP contribution in [-0.4, -0.2) is 0 Å². The van der Waals surface area contributed by atoms with Gasteiger partial charge in [0.25, 0.3) is 0 Å². The van der Waals surface area contributed by atoms with Crippen molar-refractivity contribution in [2.75, 3.05) is 4.90 Å². The number of rotatable bonds is 6. The van der Waals surface area contributed by atoms with E-state index in [1.807, 2.05) is 0 Å². The summed E-state index contributed by atoms with van der Waals surface area (Å²) in [6.07, 6.45) is 0. The van der Waals surface area contributed by atoms with Crippen LogP contribution in [-0.2, 0) is 5.41 Å². The van der Waals surface area contributed by atoms with Crippen LogP contribution >= 0.6 is 0 Å². The topological polar surface area (TPSA) is 3.24 Å². The fourth-order valence-electron chi connectivity index (χ4n) is 9.70. The Morgan fingerprint density at radius 3 is 1.55 bits per heavy atom. The van der Waals surface area contributed by atoms with Crippen LogP contribution in [0.4, 0.5) is 17.1 Å². The van der Waals surface area contributed by atoms with Gasteiger partial charge in [-0.15, -0.1) is 0 Å². The number of hydrogen-bond acceptors (Lipinski definition) is 1. The largest absolute Gasteiger partial charge is 0.310 e. The van der Waals surface area contributed by atoms with E-state index in [1.165, 1.54) is 88.0 Å². The molecule has 0 aromatic heterocycles. The molecule has 0 aliphatic heterocycles. The highest BCUT2D eigenvalue weighted by atomic mass is 15.1. The summed E-state index contributed by atoms with van der Waals surface area (Å²) in [5, 5.41) is 7.49. The fourth-order valence-corrected chi connectivity index (χ4v) is 9.70. The van der Waals surface area contributed by atoms with Crippen molar-refractivity contribution >= 4 is 49.4 Å². The zero-order valence-corrected chi connectivity index (χ0v) is 32.7. The first-order valence-electron chi connectivity index (χ1n) is 20.3. The molecule has 0 N–H and O–H groups in total. The van der Waals surface area contributed by atoms with Gasteiger partial charge in [-0.2, -0.15) is 0 Å². The summed E-state index contributed by atoms with van der Waals surface area (Å²) in [4.78, 5) is 2.39. The van der Waals surface area contributed by atoms with Crippen LogP contribution in [0.25, 0.3) is 76.8 Å². The van der Waals surface area contributed by atoms with E-state index in [4.69, 9.17) is 0 Å². The Labute approximate surface area is 340 Å². The molecule has 274 valence electrons. The first kappa shape index (κ1) is 34.1. The summed E-state index contributed by atoms with van der Waals surface area (Å²) in [7, 11) is 0. The number of nitrogens with zero attached hydrogens (tertiary/aromatic N) is 1. The number of benzene rings is 10. The van der Waals surface area contributed by atoms with Crippen LogP contribution in [0.15, 0.2) is 212 Å². The van der Waals surface area contributed by atoms with E-state index in [9.17, 15) is 0 Å². The molecule has 0 atom stereocenters. The maximum atomic E-state index is 2.40. The molecule has 1 heteroatoms. The van der Waals surface area contributed by atoms with Gasteiger partial charge in [-0.3, -0.25) is 0 Å². The predicted molar refractivity (Wildman–Crippen MR) is 248 cm³/mol. The second kappa shape index (κ2) is 13.5. The van der Waals surface area contributed by atoms with Gasteiger partial charge in [0.1, 0.15) is 0 Å². The van der Waals surface area contributed by atoms with Crippen molar-refractivity contribution in [1.82, 2.24) is 0 Å². The van der Waals surface area contributed by atoms with Crippen molar-refractivity contribution in [2.24, 2.45) is 0 Å². The van der Waals surface area contributed by atoms with Gasteiger partial charge in [-0.1, -0.05) is 184 Å². The Bertz CT molecular complexity index is 3190. The summed E-state index contributed by atoms with van der Waals surface area (Å²) >= 11 is 0. The summed E-state index contributed by atoms with van der Waals surface area (Å²) in [6, 6.07) is 78.1. The second-order valence-corrected chi connectivity index (χ2v) is 16.1. The van der Waals surface area contributed by atoms with Crippen LogP contribution in [0.3, 0.4) is 0 Å². The fraction of sp³-hybridized carbons (Fsp3) is 0.0526. The maximum Gasteiger partial charge on any atom is 0.0468 e. The average molecular weight is 740 g/mol. The third-order valence-corrected chi connectivity index (χ3v) is 12.4. The predicted octanol–water partition coefficient (Wildman–Crippen LogP) is 15.9. The maximum absolute atomic E-state index is 2.40. The number of hydrogen-bond donors (Lipinski definition) is 0. The minimum atomic E-state index is -0.173. The van der Waals surface area contributed by atoms with E-state index in [-0.39, 0.29) is 5.41 Å². The minimum Gasteiger partial charge on any atom is -0.310 e. The van der Waals surface area contributed by atoms with Crippen LogP contribution in [0.5, 0.6) is 0 Å². The summed E-state index contributed by atoms with van der Waals surface area (Å²) in [5.74, 6) is 0. The zero-order chi connectivity index (χ0) is 38.8. The molecule has 0 unspecified atom stereocenters. The first-order chi connectivity index (χ1) is 28.5.